The molecule has 2 saturated heterocycles. The van der Waals surface area contributed by atoms with Gasteiger partial charge in [0.1, 0.15) is 0 Å². The van der Waals surface area contributed by atoms with E-state index in [0.717, 1.165) is 52.4 Å². The second kappa shape index (κ2) is 11.8. The fourth-order valence-corrected chi connectivity index (χ4v) is 6.28. The molecule has 2 heterocycles. The first kappa shape index (κ1) is 27.7. The number of carbonyl (C=O) groups excluding carboxylic acids is 2. The average Bonchev–Trinajstić information content (AvgIpc) is 2.74. The van der Waals surface area contributed by atoms with Crippen molar-refractivity contribution in [1.82, 2.24) is 19.6 Å². The van der Waals surface area contributed by atoms with Crippen LogP contribution in [0.1, 0.15) is 41.5 Å². The lowest BCUT2D eigenvalue weighted by atomic mass is 10.0. The van der Waals surface area contributed by atoms with Crippen LogP contribution >= 0.6 is 21.6 Å². The average molecular weight is 489 g/mol. The van der Waals surface area contributed by atoms with Crippen LogP contribution in [0.2, 0.25) is 0 Å². The maximum Gasteiger partial charge on any atom is 0.240 e. The molecule has 0 aromatic carbocycles. The highest BCUT2D eigenvalue weighted by atomic mass is 33.1. The highest BCUT2D eigenvalue weighted by molar-refractivity contribution is 8.76. The molecule has 8 nitrogen and oxygen atoms in total. The van der Waals surface area contributed by atoms with Crippen LogP contribution in [-0.2, 0) is 9.59 Å². The Morgan fingerprint density at radius 2 is 0.938 bits per heavy atom. The van der Waals surface area contributed by atoms with Gasteiger partial charge in [0, 0.05) is 74.9 Å². The molecule has 10 heteroatoms. The molecule has 186 valence electrons. The van der Waals surface area contributed by atoms with Gasteiger partial charge in [0.05, 0.1) is 12.1 Å². The van der Waals surface area contributed by atoms with E-state index < -0.39 is 12.1 Å². The highest BCUT2D eigenvalue weighted by Gasteiger charge is 2.31. The Balaban J connectivity index is 1.64. The fraction of sp³-hybridized carbons (Fsp3) is 0.909. The van der Waals surface area contributed by atoms with Crippen LogP contribution in [0.4, 0.5) is 0 Å². The first-order valence-electron chi connectivity index (χ1n) is 11.6. The summed E-state index contributed by atoms with van der Waals surface area (Å²) in [6, 6.07) is -1.04. The van der Waals surface area contributed by atoms with Crippen LogP contribution in [0.25, 0.3) is 0 Å². The van der Waals surface area contributed by atoms with Gasteiger partial charge in [-0.2, -0.15) is 0 Å². The van der Waals surface area contributed by atoms with Gasteiger partial charge in [-0.1, -0.05) is 21.6 Å². The second-order valence-corrected chi connectivity index (χ2v) is 13.3. The van der Waals surface area contributed by atoms with E-state index in [9.17, 15) is 9.59 Å². The lowest BCUT2D eigenvalue weighted by Gasteiger charge is -2.42. The molecule has 2 atom stereocenters. The number of amides is 2. The van der Waals surface area contributed by atoms with Gasteiger partial charge in [0.2, 0.25) is 11.8 Å². The molecule has 0 bridgehead atoms. The summed E-state index contributed by atoms with van der Waals surface area (Å²) < 4.78 is 0. The number of carbonyl (C=O) groups is 2. The molecular formula is C22H44N6O2S2. The Kier molecular flexibility index (Phi) is 10.2. The molecule has 0 radical (unpaired) electrons. The molecule has 0 saturated carbocycles. The van der Waals surface area contributed by atoms with Crippen molar-refractivity contribution < 1.29 is 9.59 Å². The van der Waals surface area contributed by atoms with Crippen molar-refractivity contribution in [3.8, 4) is 0 Å². The summed E-state index contributed by atoms with van der Waals surface area (Å²) in [5, 5.41) is 0. The predicted molar refractivity (Wildman–Crippen MR) is 137 cm³/mol. The van der Waals surface area contributed by atoms with Crippen molar-refractivity contribution in [2.75, 3.05) is 63.9 Å². The van der Waals surface area contributed by atoms with Crippen molar-refractivity contribution in [2.45, 2.75) is 64.7 Å². The highest BCUT2D eigenvalue weighted by Crippen LogP contribution is 2.24. The maximum absolute atomic E-state index is 12.7. The Labute approximate surface area is 202 Å². The lowest BCUT2D eigenvalue weighted by molar-refractivity contribution is -0.135. The van der Waals surface area contributed by atoms with Gasteiger partial charge in [-0.15, -0.1) is 0 Å². The molecule has 4 N–H and O–H groups in total. The zero-order valence-corrected chi connectivity index (χ0v) is 22.4. The molecule has 0 aromatic rings. The van der Waals surface area contributed by atoms with Gasteiger partial charge < -0.3 is 21.3 Å². The molecule has 2 amide bonds. The standard InChI is InChI=1S/C22H44N6O2S2/c1-21(2,3)27-11-7-25(8-12-27)19(29)17(23)15-31-32-16-18(24)20(30)26-9-13-28(14-10-26)22(4,5)6/h17-18H,7-16,23-24H2,1-6H3/t17-,18-/m0/s1. The molecule has 2 aliphatic heterocycles. The summed E-state index contributed by atoms with van der Waals surface area (Å²) in [7, 11) is 3.06. The normalized spacial score (nSPS) is 21.5. The van der Waals surface area contributed by atoms with E-state index >= 15 is 0 Å². The van der Waals surface area contributed by atoms with E-state index in [1.165, 1.54) is 21.6 Å². The molecule has 2 fully saturated rings. The first-order chi connectivity index (χ1) is 14.8. The summed E-state index contributed by atoms with van der Waals surface area (Å²) in [5.41, 5.74) is 12.6. The van der Waals surface area contributed by atoms with E-state index in [0.29, 0.717) is 11.5 Å². The molecule has 2 rings (SSSR count). The number of nitrogens with two attached hydrogens (primary N) is 2. The van der Waals surface area contributed by atoms with Crippen LogP contribution in [0.15, 0.2) is 0 Å². The van der Waals surface area contributed by atoms with E-state index in [4.69, 9.17) is 11.5 Å². The molecule has 0 spiro atoms. The van der Waals surface area contributed by atoms with Crippen molar-refractivity contribution >= 4 is 33.4 Å². The molecule has 0 aromatic heterocycles. The molecular weight excluding hydrogens is 444 g/mol. The largest absolute Gasteiger partial charge is 0.339 e. The quantitative estimate of drug-likeness (QED) is 0.403. The summed E-state index contributed by atoms with van der Waals surface area (Å²) in [4.78, 5) is 33.9. The van der Waals surface area contributed by atoms with Gasteiger partial charge in [-0.05, 0) is 41.5 Å². The van der Waals surface area contributed by atoms with Gasteiger partial charge in [0.25, 0.3) is 0 Å². The van der Waals surface area contributed by atoms with Crippen molar-refractivity contribution in [2.24, 2.45) is 11.5 Å². The summed E-state index contributed by atoms with van der Waals surface area (Å²) >= 11 is 0. The first-order valence-corrected chi connectivity index (χ1v) is 14.1. The van der Waals surface area contributed by atoms with E-state index in [1.54, 1.807) is 0 Å². The zero-order chi connectivity index (χ0) is 24.1. The second-order valence-electron chi connectivity index (χ2n) is 10.7. The van der Waals surface area contributed by atoms with E-state index in [-0.39, 0.29) is 22.9 Å². The summed E-state index contributed by atoms with van der Waals surface area (Å²) in [6.07, 6.45) is 0. The summed E-state index contributed by atoms with van der Waals surface area (Å²) in [5.74, 6) is 1.08. The minimum atomic E-state index is -0.522. The molecule has 2 aliphatic rings. The van der Waals surface area contributed by atoms with Crippen LogP contribution in [0.5, 0.6) is 0 Å². The Morgan fingerprint density at radius 1 is 0.656 bits per heavy atom. The Bertz CT molecular complexity index is 567. The minimum Gasteiger partial charge on any atom is -0.339 e. The third-order valence-corrected chi connectivity index (χ3v) is 8.77. The van der Waals surface area contributed by atoms with Gasteiger partial charge in [-0.25, -0.2) is 0 Å². The van der Waals surface area contributed by atoms with Crippen molar-refractivity contribution in [1.29, 1.82) is 0 Å². The number of hydrogen-bond acceptors (Lipinski definition) is 8. The van der Waals surface area contributed by atoms with Gasteiger partial charge in [-0.3, -0.25) is 19.4 Å². The van der Waals surface area contributed by atoms with E-state index in [1.807, 2.05) is 9.80 Å². The Morgan fingerprint density at radius 3 is 1.19 bits per heavy atom. The number of rotatable bonds is 7. The van der Waals surface area contributed by atoms with Crippen LogP contribution in [0.3, 0.4) is 0 Å². The van der Waals surface area contributed by atoms with Crippen LogP contribution in [-0.4, -0.2) is 118 Å². The summed E-state index contributed by atoms with van der Waals surface area (Å²) in [6.45, 7) is 19.6. The molecule has 32 heavy (non-hydrogen) atoms. The lowest BCUT2D eigenvalue weighted by Crippen LogP contribution is -2.57. The Hall–Kier alpha value is -0.520. The van der Waals surface area contributed by atoms with Gasteiger partial charge in [0.15, 0.2) is 0 Å². The molecule has 0 aliphatic carbocycles. The monoisotopic (exact) mass is 488 g/mol. The number of nitrogens with zero attached hydrogens (tertiary/aromatic N) is 4. The number of piperazine rings is 2. The van der Waals surface area contributed by atoms with E-state index in [2.05, 4.69) is 51.3 Å². The van der Waals surface area contributed by atoms with Crippen molar-refractivity contribution in [3.63, 3.8) is 0 Å². The third-order valence-electron chi connectivity index (χ3n) is 6.29. The number of hydrogen-bond donors (Lipinski definition) is 2. The predicted octanol–water partition coefficient (Wildman–Crippen LogP) is 0.908. The topological polar surface area (TPSA) is 99.1 Å². The van der Waals surface area contributed by atoms with Gasteiger partial charge >= 0.3 is 0 Å². The third kappa shape index (κ3) is 8.06. The minimum absolute atomic E-state index is 0.0174. The maximum atomic E-state index is 12.7. The SMILES string of the molecule is CC(C)(C)N1CCN(C(=O)[C@@H](N)CSSC[C@H](N)C(=O)N2CCN(C(C)(C)C)CC2)CC1. The zero-order valence-electron chi connectivity index (χ0n) is 20.8. The molecule has 0 unspecified atom stereocenters. The van der Waals surface area contributed by atoms with Crippen LogP contribution in [0, 0.1) is 0 Å². The fourth-order valence-electron chi connectivity index (χ4n) is 4.05. The van der Waals surface area contributed by atoms with Crippen molar-refractivity contribution in [3.05, 3.63) is 0 Å². The van der Waals surface area contributed by atoms with Crippen LogP contribution < -0.4 is 11.5 Å². The smallest absolute Gasteiger partial charge is 0.240 e.